The van der Waals surface area contributed by atoms with Crippen molar-refractivity contribution in [2.24, 2.45) is 17.9 Å². The largest absolute Gasteiger partial charge is 0.493 e. The molecule has 0 bridgehead atoms. The molecule has 0 radical (unpaired) electrons. The van der Waals surface area contributed by atoms with Crippen LogP contribution in [0, 0.1) is 34.1 Å². The van der Waals surface area contributed by atoms with Gasteiger partial charge in [0.2, 0.25) is 6.41 Å². The zero-order valence-electron chi connectivity index (χ0n) is 45.1. The number of aromatic nitrogens is 2. The normalized spacial score (nSPS) is 16.9. The van der Waals surface area contributed by atoms with Gasteiger partial charge in [-0.2, -0.15) is 0 Å². The molecule has 17 heteroatoms. The fourth-order valence-corrected chi connectivity index (χ4v) is 8.99. The Morgan fingerprint density at radius 2 is 1.13 bits per heavy atom. The van der Waals surface area contributed by atoms with Gasteiger partial charge in [0.15, 0.2) is 0 Å². The van der Waals surface area contributed by atoms with Crippen molar-refractivity contribution in [2.45, 2.75) is 143 Å². The van der Waals surface area contributed by atoms with Gasteiger partial charge in [0, 0.05) is 80.7 Å². The van der Waals surface area contributed by atoms with Crippen LogP contribution in [-0.4, -0.2) is 88.5 Å². The van der Waals surface area contributed by atoms with Crippen LogP contribution in [0.3, 0.4) is 0 Å². The lowest BCUT2D eigenvalue weighted by Gasteiger charge is -2.31. The molecule has 75 heavy (non-hydrogen) atoms. The molecule has 5 aromatic rings. The molecule has 2 aliphatic rings. The van der Waals surface area contributed by atoms with Crippen molar-refractivity contribution in [3.63, 3.8) is 0 Å². The first-order valence-corrected chi connectivity index (χ1v) is 25.6. The summed E-state index contributed by atoms with van der Waals surface area (Å²) in [5.41, 5.74) is 4.77. The number of amides is 2. The summed E-state index contributed by atoms with van der Waals surface area (Å²) in [7, 11) is 1.94. The van der Waals surface area contributed by atoms with Crippen molar-refractivity contribution in [3.05, 3.63) is 148 Å². The number of hydrogen-bond donors (Lipinski definition) is 6. The third kappa shape index (κ3) is 20.9. The number of aliphatic hydroxyl groups excluding tert-OH is 2. The van der Waals surface area contributed by atoms with E-state index in [4.69, 9.17) is 14.2 Å². The summed E-state index contributed by atoms with van der Waals surface area (Å²) in [5.74, 6) is -1.18. The summed E-state index contributed by atoms with van der Waals surface area (Å²) in [4.78, 5) is 27.3. The summed E-state index contributed by atoms with van der Waals surface area (Å²) in [6, 6.07) is 17.3. The summed E-state index contributed by atoms with van der Waals surface area (Å²) < 4.78 is 73.5. The maximum Gasteiger partial charge on any atom is 0.407 e. The number of nitrogens with zero attached hydrogens (tertiary/aromatic N) is 2. The van der Waals surface area contributed by atoms with Crippen molar-refractivity contribution in [2.75, 3.05) is 26.3 Å². The number of rotatable bonds is 17. The maximum absolute atomic E-state index is 13.8. The van der Waals surface area contributed by atoms with Crippen LogP contribution in [0.25, 0.3) is 0 Å². The molecule has 0 aliphatic carbocycles. The van der Waals surface area contributed by atoms with Gasteiger partial charge in [-0.1, -0.05) is 65.8 Å². The van der Waals surface area contributed by atoms with E-state index in [2.05, 4.69) is 92.1 Å². The van der Waals surface area contributed by atoms with Gasteiger partial charge in [-0.15, -0.1) is 0 Å². The minimum absolute atomic E-state index is 0.00295. The van der Waals surface area contributed by atoms with E-state index in [1.165, 1.54) is 35.4 Å². The Kier molecular flexibility index (Phi) is 21.7. The second kappa shape index (κ2) is 27.2. The molecule has 2 aliphatic heterocycles. The molecule has 0 unspecified atom stereocenters. The van der Waals surface area contributed by atoms with Gasteiger partial charge in [-0.05, 0) is 116 Å². The fraction of sp³-hybridized carbons (Fsp3) is 0.500. The number of imidazole rings is 1. The Hall–Kier alpha value is -6.01. The average molecular weight is 1050 g/mol. The quantitative estimate of drug-likeness (QED) is 0.0390. The van der Waals surface area contributed by atoms with Gasteiger partial charge in [0.05, 0.1) is 43.8 Å². The molecule has 0 saturated heterocycles. The molecule has 6 atom stereocenters. The van der Waals surface area contributed by atoms with Crippen LogP contribution in [0.15, 0.2) is 91.5 Å². The predicted molar refractivity (Wildman–Crippen MR) is 282 cm³/mol. The molecule has 7 rings (SSSR count). The molecule has 1 aromatic heterocycles. The number of ether oxygens (including phenoxy) is 3. The standard InChI is InChI=1S/C29H40F2N2O4.C25H32F2N2O3.C4H6N2/c1-28(2,3)16-18-7-8-26-22(13-18)23(9-10-36-26)32-17-25(34)24(33-27(35)37-29(4,5)6)14-19-11-20(30)15-21(31)12-19;1-25(2,3)13-16-4-5-24-20(10-16)21(6-7-32-24)28-14-23(31)22(29-15-30)11-17-8-18(26)12-19(27)9-17;1-6-3-2-5-4-6/h7-8,11-13,15,23-25,32,34H,9-10,14,16-17H2,1-6H3,(H,33,35);4-5,8-10,12,15,21-23,28,31H,6-7,11,13-14H2,1-3H3,(H,29,30);2-4H,1H3/t23-,24-,25+;21-,22-,23+;/m00./s1. The van der Waals surface area contributed by atoms with E-state index in [1.54, 1.807) is 33.3 Å². The highest BCUT2D eigenvalue weighted by atomic mass is 19.1. The highest BCUT2D eigenvalue weighted by Gasteiger charge is 2.30. The van der Waals surface area contributed by atoms with Gasteiger partial charge in [-0.25, -0.2) is 27.3 Å². The van der Waals surface area contributed by atoms with Crippen LogP contribution in [0.2, 0.25) is 0 Å². The molecule has 0 fully saturated rings. The molecule has 0 saturated carbocycles. The lowest BCUT2D eigenvalue weighted by molar-refractivity contribution is -0.110. The molecule has 4 aromatic carbocycles. The number of carbonyl (C=O) groups excluding carboxylic acids is 2. The van der Waals surface area contributed by atoms with Crippen LogP contribution in [-0.2, 0) is 42.3 Å². The second-order valence-electron chi connectivity index (χ2n) is 22.9. The Labute approximate surface area is 440 Å². The predicted octanol–water partition coefficient (Wildman–Crippen LogP) is 9.57. The van der Waals surface area contributed by atoms with Crippen LogP contribution in [0.1, 0.15) is 121 Å². The van der Waals surface area contributed by atoms with E-state index >= 15 is 0 Å². The topological polar surface area (TPSA) is 168 Å². The van der Waals surface area contributed by atoms with Gasteiger partial charge >= 0.3 is 6.09 Å². The summed E-state index contributed by atoms with van der Waals surface area (Å²) >= 11 is 0. The number of aliphatic hydroxyl groups is 2. The number of fused-ring (bicyclic) bond motifs is 2. The molecule has 6 N–H and O–H groups in total. The summed E-state index contributed by atoms with van der Waals surface area (Å²) in [6.45, 7) is 19.8. The van der Waals surface area contributed by atoms with Crippen LogP contribution in [0.4, 0.5) is 22.4 Å². The first kappa shape index (κ1) is 59.9. The van der Waals surface area contributed by atoms with Gasteiger partial charge in [0.1, 0.15) is 40.4 Å². The zero-order valence-corrected chi connectivity index (χ0v) is 45.1. The average Bonchev–Trinajstić information content (AvgIpc) is 3.78. The van der Waals surface area contributed by atoms with Crippen molar-refractivity contribution >= 4 is 12.5 Å². The molecule has 0 spiro atoms. The summed E-state index contributed by atoms with van der Waals surface area (Å²) in [6.07, 6.45) is 6.62. The van der Waals surface area contributed by atoms with Gasteiger partial charge in [-0.3, -0.25) is 4.79 Å². The SMILES string of the molecule is CC(C)(C)Cc1ccc2c(c1)[C@@H](NC[C@@H](O)[C@H](Cc1cc(F)cc(F)c1)NC(=O)OC(C)(C)C)CCO2.CC(C)(C)Cc1ccc2c(c1)[C@@H](NC[C@@H](O)[C@H](Cc1cc(F)cc(F)c1)NC=O)CCO2.Cn1ccnc1. The highest BCUT2D eigenvalue weighted by molar-refractivity contribution is 5.68. The third-order valence-electron chi connectivity index (χ3n) is 12.1. The van der Waals surface area contributed by atoms with Crippen molar-refractivity contribution in [1.82, 2.24) is 30.8 Å². The fourth-order valence-electron chi connectivity index (χ4n) is 8.99. The minimum Gasteiger partial charge on any atom is -0.493 e. The van der Waals surface area contributed by atoms with Crippen LogP contribution >= 0.6 is 0 Å². The Balaban J connectivity index is 0.000000251. The molecule has 13 nitrogen and oxygen atoms in total. The monoisotopic (exact) mass is 1050 g/mol. The minimum atomic E-state index is -1.05. The molecular weight excluding hydrogens is 969 g/mol. The Morgan fingerprint density at radius 3 is 1.51 bits per heavy atom. The van der Waals surface area contributed by atoms with E-state index in [1.807, 2.05) is 29.9 Å². The smallest absolute Gasteiger partial charge is 0.407 e. The second-order valence-corrected chi connectivity index (χ2v) is 22.9. The lowest BCUT2D eigenvalue weighted by atomic mass is 9.86. The van der Waals surface area contributed by atoms with E-state index in [-0.39, 0.29) is 48.8 Å². The first-order chi connectivity index (χ1) is 35.2. The summed E-state index contributed by atoms with van der Waals surface area (Å²) in [5, 5.41) is 33.9. The van der Waals surface area contributed by atoms with Crippen LogP contribution < -0.4 is 30.7 Å². The van der Waals surface area contributed by atoms with E-state index in [9.17, 15) is 37.4 Å². The number of hydrogen-bond acceptors (Lipinski definition) is 10. The number of benzene rings is 4. The van der Waals surface area contributed by atoms with Crippen molar-refractivity contribution in [3.8, 4) is 11.5 Å². The van der Waals surface area contributed by atoms with Crippen molar-refractivity contribution in [1.29, 1.82) is 0 Å². The molecule has 3 heterocycles. The molecule has 410 valence electrons. The maximum atomic E-state index is 13.8. The number of nitrogens with one attached hydrogen (secondary N) is 4. The number of halogens is 4. The molecular formula is C58H78F4N6O7. The van der Waals surface area contributed by atoms with Gasteiger partial charge in [0.25, 0.3) is 0 Å². The van der Waals surface area contributed by atoms with Crippen molar-refractivity contribution < 1.29 is 51.6 Å². The van der Waals surface area contributed by atoms with Crippen LogP contribution in [0.5, 0.6) is 11.5 Å². The lowest BCUT2D eigenvalue weighted by Crippen LogP contribution is -2.50. The first-order valence-electron chi connectivity index (χ1n) is 25.6. The highest BCUT2D eigenvalue weighted by Crippen LogP contribution is 2.36. The number of carbonyl (C=O) groups is 2. The molecule has 2 amide bonds. The Bertz CT molecular complexity index is 2560. The van der Waals surface area contributed by atoms with Gasteiger partial charge < -0.3 is 50.3 Å². The Morgan fingerprint density at radius 1 is 0.693 bits per heavy atom. The van der Waals surface area contributed by atoms with E-state index in [0.29, 0.717) is 30.8 Å². The zero-order chi connectivity index (χ0) is 55.1. The number of aryl methyl sites for hydroxylation is 1. The third-order valence-corrected chi connectivity index (χ3v) is 12.1. The van der Waals surface area contributed by atoms with E-state index in [0.717, 1.165) is 60.4 Å². The van der Waals surface area contributed by atoms with E-state index < -0.39 is 59.3 Å². The number of alkyl carbamates (subject to hydrolysis) is 1.